The number of nitrogens with two attached hydrogens (primary N) is 1. The second-order valence-electron chi connectivity index (χ2n) is 1.75. The summed E-state index contributed by atoms with van der Waals surface area (Å²) in [5.41, 5.74) is 5.51. The molecule has 0 saturated heterocycles. The molecule has 11 heavy (non-hydrogen) atoms. The summed E-state index contributed by atoms with van der Waals surface area (Å²) in [5, 5.41) is 0. The maximum absolute atomic E-state index is 5.51. The standard InChI is InChI=1S/C6H15N3.C2H6/c1-4-9(5-2)6(7)8-3;1-2/h4-5H2,1-3H3,(H2,7,8);1-2H3. The minimum atomic E-state index is 0.625. The molecule has 0 heterocycles. The molecular weight excluding hydrogens is 138 g/mol. The summed E-state index contributed by atoms with van der Waals surface area (Å²) in [4.78, 5) is 5.85. The van der Waals surface area contributed by atoms with Crippen LogP contribution in [0.15, 0.2) is 4.99 Å². The number of hydrogen-bond acceptors (Lipinski definition) is 1. The predicted molar refractivity (Wildman–Crippen MR) is 51.8 cm³/mol. The van der Waals surface area contributed by atoms with Gasteiger partial charge in [-0.15, -0.1) is 0 Å². The van der Waals surface area contributed by atoms with Crippen molar-refractivity contribution in [3.05, 3.63) is 0 Å². The predicted octanol–water partition coefficient (Wildman–Crippen LogP) is 1.30. The van der Waals surface area contributed by atoms with E-state index >= 15 is 0 Å². The van der Waals surface area contributed by atoms with Gasteiger partial charge in [0.1, 0.15) is 0 Å². The summed E-state index contributed by atoms with van der Waals surface area (Å²) in [6, 6.07) is 0. The van der Waals surface area contributed by atoms with Crippen molar-refractivity contribution in [1.29, 1.82) is 0 Å². The Bertz CT molecular complexity index is 95.5. The highest BCUT2D eigenvalue weighted by Crippen LogP contribution is 1.83. The molecule has 0 rings (SSSR count). The molecule has 3 heteroatoms. The normalized spacial score (nSPS) is 10.1. The van der Waals surface area contributed by atoms with Crippen LogP contribution < -0.4 is 5.73 Å². The molecule has 2 N–H and O–H groups in total. The highest BCUT2D eigenvalue weighted by molar-refractivity contribution is 5.77. The van der Waals surface area contributed by atoms with Gasteiger partial charge in [-0.2, -0.15) is 0 Å². The van der Waals surface area contributed by atoms with Gasteiger partial charge < -0.3 is 10.6 Å². The van der Waals surface area contributed by atoms with Gasteiger partial charge in [-0.1, -0.05) is 13.8 Å². The zero-order chi connectivity index (χ0) is 9.28. The van der Waals surface area contributed by atoms with E-state index in [9.17, 15) is 0 Å². The lowest BCUT2D eigenvalue weighted by molar-refractivity contribution is 0.459. The van der Waals surface area contributed by atoms with E-state index in [0.29, 0.717) is 5.96 Å². The van der Waals surface area contributed by atoms with E-state index < -0.39 is 0 Å². The monoisotopic (exact) mass is 159 g/mol. The van der Waals surface area contributed by atoms with Crippen molar-refractivity contribution in [2.45, 2.75) is 27.7 Å². The molecule has 0 saturated carbocycles. The SMILES string of the molecule is CC.CCN(CC)C(N)=NC. The van der Waals surface area contributed by atoms with Gasteiger partial charge in [-0.3, -0.25) is 4.99 Å². The van der Waals surface area contributed by atoms with E-state index in [1.807, 2.05) is 18.7 Å². The first-order valence-electron chi connectivity index (χ1n) is 4.23. The van der Waals surface area contributed by atoms with Gasteiger partial charge in [0, 0.05) is 20.1 Å². The minimum Gasteiger partial charge on any atom is -0.370 e. The topological polar surface area (TPSA) is 41.6 Å². The second kappa shape index (κ2) is 9.27. The summed E-state index contributed by atoms with van der Waals surface area (Å²) in [5.74, 6) is 0.625. The van der Waals surface area contributed by atoms with Crippen LogP contribution in [0.3, 0.4) is 0 Å². The Morgan fingerprint density at radius 2 is 1.64 bits per heavy atom. The molecule has 0 bridgehead atoms. The fourth-order valence-electron chi connectivity index (χ4n) is 0.689. The lowest BCUT2D eigenvalue weighted by Gasteiger charge is -2.18. The molecule has 0 radical (unpaired) electrons. The minimum absolute atomic E-state index is 0.625. The van der Waals surface area contributed by atoms with Gasteiger partial charge in [0.25, 0.3) is 0 Å². The molecule has 68 valence electrons. The maximum atomic E-state index is 5.51. The van der Waals surface area contributed by atoms with Gasteiger partial charge >= 0.3 is 0 Å². The quantitative estimate of drug-likeness (QED) is 0.487. The van der Waals surface area contributed by atoms with E-state index in [2.05, 4.69) is 18.8 Å². The Morgan fingerprint density at radius 1 is 1.27 bits per heavy atom. The number of guanidine groups is 1. The number of hydrogen-bond donors (Lipinski definition) is 1. The van der Waals surface area contributed by atoms with E-state index in [1.165, 1.54) is 0 Å². The highest BCUT2D eigenvalue weighted by atomic mass is 15.2. The molecule has 0 aliphatic carbocycles. The first-order chi connectivity index (χ1) is 5.26. The molecule has 0 unspecified atom stereocenters. The Morgan fingerprint density at radius 3 is 1.73 bits per heavy atom. The molecule has 0 spiro atoms. The third-order valence-corrected chi connectivity index (χ3v) is 1.32. The number of rotatable bonds is 2. The summed E-state index contributed by atoms with van der Waals surface area (Å²) < 4.78 is 0. The van der Waals surface area contributed by atoms with Crippen LogP contribution in [-0.4, -0.2) is 31.0 Å². The van der Waals surface area contributed by atoms with Crippen molar-refractivity contribution in [3.8, 4) is 0 Å². The van der Waals surface area contributed by atoms with E-state index in [0.717, 1.165) is 13.1 Å². The van der Waals surface area contributed by atoms with Crippen molar-refractivity contribution in [3.63, 3.8) is 0 Å². The smallest absolute Gasteiger partial charge is 0.190 e. The second-order valence-corrected chi connectivity index (χ2v) is 1.75. The van der Waals surface area contributed by atoms with Crippen molar-refractivity contribution in [2.75, 3.05) is 20.1 Å². The zero-order valence-corrected chi connectivity index (χ0v) is 8.39. The molecule has 3 nitrogen and oxygen atoms in total. The van der Waals surface area contributed by atoms with Gasteiger partial charge in [-0.25, -0.2) is 0 Å². The van der Waals surface area contributed by atoms with E-state index in [-0.39, 0.29) is 0 Å². The molecular formula is C8H21N3. The van der Waals surface area contributed by atoms with Crippen LogP contribution in [0.25, 0.3) is 0 Å². The molecule has 0 aromatic heterocycles. The van der Waals surface area contributed by atoms with Crippen LogP contribution in [-0.2, 0) is 0 Å². The lowest BCUT2D eigenvalue weighted by atomic mass is 10.5. The van der Waals surface area contributed by atoms with Crippen molar-refractivity contribution in [2.24, 2.45) is 10.7 Å². The van der Waals surface area contributed by atoms with Crippen LogP contribution in [0.1, 0.15) is 27.7 Å². The third-order valence-electron chi connectivity index (χ3n) is 1.32. The van der Waals surface area contributed by atoms with E-state index in [1.54, 1.807) is 7.05 Å². The molecule has 0 aliphatic heterocycles. The Hall–Kier alpha value is -0.730. The van der Waals surface area contributed by atoms with Crippen molar-refractivity contribution < 1.29 is 0 Å². The Balaban J connectivity index is 0. The summed E-state index contributed by atoms with van der Waals surface area (Å²) in [6.07, 6.45) is 0. The number of aliphatic imine (C=N–C) groups is 1. The summed E-state index contributed by atoms with van der Waals surface area (Å²) in [6.45, 7) is 9.97. The highest BCUT2D eigenvalue weighted by Gasteiger charge is 1.98. The van der Waals surface area contributed by atoms with E-state index in [4.69, 9.17) is 5.73 Å². The van der Waals surface area contributed by atoms with Crippen molar-refractivity contribution >= 4 is 5.96 Å². The van der Waals surface area contributed by atoms with Crippen LogP contribution in [0.4, 0.5) is 0 Å². The van der Waals surface area contributed by atoms with Crippen LogP contribution in [0, 0.1) is 0 Å². The fourth-order valence-corrected chi connectivity index (χ4v) is 0.689. The average molecular weight is 159 g/mol. The zero-order valence-electron chi connectivity index (χ0n) is 8.39. The number of nitrogens with zero attached hydrogens (tertiary/aromatic N) is 2. The fraction of sp³-hybridized carbons (Fsp3) is 0.875. The first-order valence-corrected chi connectivity index (χ1v) is 4.23. The Kier molecular flexibility index (Phi) is 10.9. The van der Waals surface area contributed by atoms with Gasteiger partial charge in [-0.05, 0) is 13.8 Å². The van der Waals surface area contributed by atoms with Crippen LogP contribution in [0.2, 0.25) is 0 Å². The van der Waals surface area contributed by atoms with Crippen molar-refractivity contribution in [1.82, 2.24) is 4.90 Å². The van der Waals surface area contributed by atoms with Gasteiger partial charge in [0.05, 0.1) is 0 Å². The Labute approximate surface area is 70.3 Å². The first kappa shape index (κ1) is 12.9. The molecule has 0 aromatic carbocycles. The lowest BCUT2D eigenvalue weighted by Crippen LogP contribution is -2.36. The van der Waals surface area contributed by atoms with Crippen LogP contribution >= 0.6 is 0 Å². The van der Waals surface area contributed by atoms with Gasteiger partial charge in [0.2, 0.25) is 0 Å². The average Bonchev–Trinajstić information content (AvgIpc) is 2.10. The molecule has 0 aromatic rings. The molecule has 0 fully saturated rings. The molecule has 0 atom stereocenters. The third kappa shape index (κ3) is 5.70. The largest absolute Gasteiger partial charge is 0.370 e. The molecule has 0 amide bonds. The van der Waals surface area contributed by atoms with Crippen LogP contribution in [0.5, 0.6) is 0 Å². The van der Waals surface area contributed by atoms with Gasteiger partial charge in [0.15, 0.2) is 5.96 Å². The summed E-state index contributed by atoms with van der Waals surface area (Å²) in [7, 11) is 1.70. The maximum Gasteiger partial charge on any atom is 0.190 e. The molecule has 0 aliphatic rings. The summed E-state index contributed by atoms with van der Waals surface area (Å²) >= 11 is 0.